The summed E-state index contributed by atoms with van der Waals surface area (Å²) >= 11 is 1.53. The summed E-state index contributed by atoms with van der Waals surface area (Å²) in [4.78, 5) is 57.2. The van der Waals surface area contributed by atoms with Crippen molar-refractivity contribution in [2.75, 3.05) is 25.1 Å². The molecule has 0 fully saturated rings. The number of rotatable bonds is 18. The predicted molar refractivity (Wildman–Crippen MR) is 140 cm³/mol. The highest BCUT2D eigenvalue weighted by Crippen LogP contribution is 2.06. The van der Waals surface area contributed by atoms with Gasteiger partial charge < -0.3 is 49.7 Å². The number of thioether (sulfide) groups is 1. The van der Waals surface area contributed by atoms with Crippen LogP contribution in [0.5, 0.6) is 0 Å². The van der Waals surface area contributed by atoms with Crippen LogP contribution < -0.4 is 44.6 Å². The van der Waals surface area contributed by atoms with Gasteiger partial charge in [0.2, 0.25) is 17.7 Å². The molecular formula is C20H40N10O5S. The fraction of sp³-hybridized carbons (Fsp3) is 0.700. The van der Waals surface area contributed by atoms with Crippen LogP contribution in [0.4, 0.5) is 0 Å². The van der Waals surface area contributed by atoms with E-state index < -0.39 is 47.9 Å². The number of nitrogens with one attached hydrogen (secondary N) is 3. The van der Waals surface area contributed by atoms with Crippen LogP contribution in [0.2, 0.25) is 0 Å². The van der Waals surface area contributed by atoms with Crippen molar-refractivity contribution in [3.63, 3.8) is 0 Å². The molecule has 0 spiro atoms. The fourth-order valence-corrected chi connectivity index (χ4v) is 3.34. The highest BCUT2D eigenvalue weighted by molar-refractivity contribution is 7.98. The Labute approximate surface area is 214 Å². The predicted octanol–water partition coefficient (Wildman–Crippen LogP) is -3.27. The van der Waals surface area contributed by atoms with E-state index in [2.05, 4.69) is 25.9 Å². The van der Waals surface area contributed by atoms with E-state index in [4.69, 9.17) is 33.8 Å². The molecule has 0 aliphatic rings. The summed E-state index contributed by atoms with van der Waals surface area (Å²) < 4.78 is 0. The molecule has 4 atom stereocenters. The van der Waals surface area contributed by atoms with Gasteiger partial charge in [-0.1, -0.05) is 0 Å². The van der Waals surface area contributed by atoms with Gasteiger partial charge in [0.15, 0.2) is 11.9 Å². The van der Waals surface area contributed by atoms with Crippen molar-refractivity contribution in [3.05, 3.63) is 0 Å². The third-order valence-electron chi connectivity index (χ3n) is 4.86. The Kier molecular flexibility index (Phi) is 16.4. The number of carboxylic acid groups (broad SMARTS) is 1. The summed E-state index contributed by atoms with van der Waals surface area (Å²) in [6.45, 7) is 1.71. The van der Waals surface area contributed by atoms with Gasteiger partial charge in [-0.3, -0.25) is 29.2 Å². The van der Waals surface area contributed by atoms with Crippen molar-refractivity contribution in [2.24, 2.45) is 38.7 Å². The average molecular weight is 533 g/mol. The van der Waals surface area contributed by atoms with Crippen molar-refractivity contribution < 1.29 is 24.3 Å². The molecule has 0 aromatic rings. The molecule has 4 unspecified atom stereocenters. The van der Waals surface area contributed by atoms with Gasteiger partial charge >= 0.3 is 5.97 Å². The molecule has 0 rings (SSSR count). The second-order valence-corrected chi connectivity index (χ2v) is 8.96. The summed E-state index contributed by atoms with van der Waals surface area (Å²) in [6, 6.07) is -4.13. The third-order valence-corrected chi connectivity index (χ3v) is 5.50. The second-order valence-electron chi connectivity index (χ2n) is 7.98. The van der Waals surface area contributed by atoms with Gasteiger partial charge in [0, 0.05) is 13.1 Å². The number of carbonyl (C=O) groups is 4. The van der Waals surface area contributed by atoms with E-state index in [1.807, 2.05) is 6.26 Å². The Hall–Kier alpha value is -3.27. The van der Waals surface area contributed by atoms with Crippen LogP contribution in [-0.4, -0.2) is 90.0 Å². The number of amides is 3. The van der Waals surface area contributed by atoms with Gasteiger partial charge in [-0.25, -0.2) is 0 Å². The Balaban J connectivity index is 5.53. The van der Waals surface area contributed by atoms with E-state index in [1.165, 1.54) is 18.7 Å². The van der Waals surface area contributed by atoms with Crippen molar-refractivity contribution in [1.29, 1.82) is 0 Å². The molecule has 0 saturated heterocycles. The van der Waals surface area contributed by atoms with Crippen molar-refractivity contribution >= 4 is 47.4 Å². The first-order chi connectivity index (χ1) is 16.9. The lowest BCUT2D eigenvalue weighted by atomic mass is 10.1. The van der Waals surface area contributed by atoms with Gasteiger partial charge in [-0.2, -0.15) is 11.8 Å². The molecule has 0 aliphatic heterocycles. The smallest absolute Gasteiger partial charge is 0.325 e. The number of hydrogen-bond acceptors (Lipinski definition) is 8. The SMILES string of the molecule is CSCCC(N)C(=O)NC(CCCN=C(N)N)C(=O)NC(CCCN=C(N)N)C(=O)NC(C)C(=O)O. The molecule has 15 nitrogen and oxygen atoms in total. The molecular weight excluding hydrogens is 492 g/mol. The highest BCUT2D eigenvalue weighted by Gasteiger charge is 2.29. The van der Waals surface area contributed by atoms with Gasteiger partial charge in [0.25, 0.3) is 0 Å². The maximum Gasteiger partial charge on any atom is 0.325 e. The summed E-state index contributed by atoms with van der Waals surface area (Å²) in [5.74, 6) is -2.67. The molecule has 0 saturated carbocycles. The number of carbonyl (C=O) groups excluding carboxylic acids is 3. The summed E-state index contributed by atoms with van der Waals surface area (Å²) in [5, 5.41) is 16.6. The van der Waals surface area contributed by atoms with Gasteiger partial charge in [-0.05, 0) is 51.0 Å². The largest absolute Gasteiger partial charge is 0.480 e. The van der Waals surface area contributed by atoms with E-state index in [0.717, 1.165) is 0 Å². The number of nitrogens with two attached hydrogens (primary N) is 5. The van der Waals surface area contributed by atoms with E-state index in [9.17, 15) is 19.2 Å². The van der Waals surface area contributed by atoms with E-state index >= 15 is 0 Å². The zero-order chi connectivity index (χ0) is 27.7. The molecule has 14 N–H and O–H groups in total. The number of guanidine groups is 2. The maximum absolute atomic E-state index is 13.1. The number of aliphatic imine (C=N–C) groups is 2. The number of hydrogen-bond donors (Lipinski definition) is 9. The lowest BCUT2D eigenvalue weighted by Gasteiger charge is -2.24. The lowest BCUT2D eigenvalue weighted by molar-refractivity contribution is -0.141. The van der Waals surface area contributed by atoms with Gasteiger partial charge in [-0.15, -0.1) is 0 Å². The zero-order valence-corrected chi connectivity index (χ0v) is 21.6. The summed E-state index contributed by atoms with van der Waals surface area (Å²) in [5.41, 5.74) is 27.2. The van der Waals surface area contributed by atoms with Crippen LogP contribution in [-0.2, 0) is 19.2 Å². The highest BCUT2D eigenvalue weighted by atomic mass is 32.2. The monoisotopic (exact) mass is 532 g/mol. The van der Waals surface area contributed by atoms with Crippen molar-refractivity contribution in [2.45, 2.75) is 63.2 Å². The molecule has 0 heterocycles. The maximum atomic E-state index is 13.1. The van der Waals surface area contributed by atoms with E-state index in [1.54, 1.807) is 0 Å². The molecule has 3 amide bonds. The standard InChI is InChI=1S/C20H40N10O5S/c1-11(18(34)35)28-16(32)13(5-3-8-26-19(22)23)30-17(33)14(6-4-9-27-20(24)25)29-15(31)12(21)7-10-36-2/h11-14H,3-10,21H2,1-2H3,(H,28,32)(H,29,31)(H,30,33)(H,34,35)(H4,22,23,26)(H4,24,25,27). The van der Waals surface area contributed by atoms with Crippen LogP contribution in [0, 0.1) is 0 Å². The minimum atomic E-state index is -1.24. The molecule has 0 aromatic carbocycles. The van der Waals surface area contributed by atoms with Crippen LogP contribution in [0.3, 0.4) is 0 Å². The first-order valence-electron chi connectivity index (χ1n) is 11.4. The second kappa shape index (κ2) is 18.1. The minimum Gasteiger partial charge on any atom is -0.480 e. The Morgan fingerprint density at radius 1 is 0.806 bits per heavy atom. The number of carboxylic acids is 1. The van der Waals surface area contributed by atoms with Crippen LogP contribution >= 0.6 is 11.8 Å². The topological polar surface area (TPSA) is 279 Å². The van der Waals surface area contributed by atoms with E-state index in [0.29, 0.717) is 25.0 Å². The number of nitrogens with zero attached hydrogens (tertiary/aromatic N) is 2. The lowest BCUT2D eigenvalue weighted by Crippen LogP contribution is -2.56. The van der Waals surface area contributed by atoms with Gasteiger partial charge in [0.1, 0.15) is 18.1 Å². The Bertz CT molecular complexity index is 787. The van der Waals surface area contributed by atoms with Crippen molar-refractivity contribution in [1.82, 2.24) is 16.0 Å². The van der Waals surface area contributed by atoms with Crippen LogP contribution in [0.15, 0.2) is 9.98 Å². The Morgan fingerprint density at radius 3 is 1.67 bits per heavy atom. The average Bonchev–Trinajstić information content (AvgIpc) is 2.80. The molecule has 0 bridgehead atoms. The fourth-order valence-electron chi connectivity index (χ4n) is 2.85. The van der Waals surface area contributed by atoms with E-state index in [-0.39, 0.29) is 37.9 Å². The molecule has 36 heavy (non-hydrogen) atoms. The molecule has 0 aliphatic carbocycles. The number of aliphatic carboxylic acids is 1. The van der Waals surface area contributed by atoms with Gasteiger partial charge in [0.05, 0.1) is 6.04 Å². The van der Waals surface area contributed by atoms with Crippen LogP contribution in [0.25, 0.3) is 0 Å². The Morgan fingerprint density at radius 2 is 1.25 bits per heavy atom. The quantitative estimate of drug-likeness (QED) is 0.0479. The minimum absolute atomic E-state index is 0.107. The summed E-state index contributed by atoms with van der Waals surface area (Å²) in [7, 11) is 0. The molecule has 16 heteroatoms. The third kappa shape index (κ3) is 14.9. The first kappa shape index (κ1) is 32.7. The normalized spacial score (nSPS) is 13.9. The first-order valence-corrected chi connectivity index (χ1v) is 12.8. The molecule has 0 aromatic heterocycles. The zero-order valence-electron chi connectivity index (χ0n) is 20.7. The van der Waals surface area contributed by atoms with Crippen molar-refractivity contribution in [3.8, 4) is 0 Å². The summed E-state index contributed by atoms with van der Waals surface area (Å²) in [6.07, 6.45) is 3.25. The van der Waals surface area contributed by atoms with Crippen LogP contribution in [0.1, 0.15) is 39.0 Å². The molecule has 0 radical (unpaired) electrons. The molecule has 206 valence electrons.